The van der Waals surface area contributed by atoms with E-state index in [4.69, 9.17) is 4.74 Å². The molecule has 1 aromatic heterocycles. The highest BCUT2D eigenvalue weighted by atomic mass is 16.5. The minimum absolute atomic E-state index is 0.174. The van der Waals surface area contributed by atoms with Crippen LogP contribution in [-0.4, -0.2) is 42.4 Å². The number of benzene rings is 2. The van der Waals surface area contributed by atoms with E-state index in [1.807, 2.05) is 30.3 Å². The molecule has 0 amide bonds. The molecular formula is C23H26N2O2. The number of likely N-dealkylation sites (tertiary alicyclic amines) is 1. The largest absolute Gasteiger partial charge is 0.497 e. The first-order valence-electron chi connectivity index (χ1n) is 9.76. The van der Waals surface area contributed by atoms with Gasteiger partial charge in [-0.05, 0) is 56.3 Å². The third-order valence-electron chi connectivity index (χ3n) is 5.45. The number of H-pyrrole nitrogens is 1. The monoisotopic (exact) mass is 362 g/mol. The van der Waals surface area contributed by atoms with Gasteiger partial charge in [-0.15, -0.1) is 0 Å². The maximum atomic E-state index is 13.1. The number of methoxy groups -OCH3 is 1. The van der Waals surface area contributed by atoms with Crippen LogP contribution in [0.25, 0.3) is 22.2 Å². The second-order valence-corrected chi connectivity index (χ2v) is 7.26. The number of para-hydroxylation sites is 1. The summed E-state index contributed by atoms with van der Waals surface area (Å²) in [6.07, 6.45) is 4.34. The molecule has 0 aliphatic carbocycles. The van der Waals surface area contributed by atoms with E-state index < -0.39 is 0 Å². The fourth-order valence-corrected chi connectivity index (χ4v) is 3.91. The molecule has 0 unspecified atom stereocenters. The van der Waals surface area contributed by atoms with Gasteiger partial charge in [0, 0.05) is 40.7 Å². The van der Waals surface area contributed by atoms with Crippen molar-refractivity contribution in [3.05, 3.63) is 54.1 Å². The molecule has 3 aromatic rings. The summed E-state index contributed by atoms with van der Waals surface area (Å²) in [6, 6.07) is 16.1. The summed E-state index contributed by atoms with van der Waals surface area (Å²) in [6.45, 7) is 3.06. The second-order valence-electron chi connectivity index (χ2n) is 7.26. The summed E-state index contributed by atoms with van der Waals surface area (Å²) in [5, 5.41) is 1.15. The highest BCUT2D eigenvalue weighted by molar-refractivity contribution is 6.03. The van der Waals surface area contributed by atoms with Crippen molar-refractivity contribution in [3.8, 4) is 17.0 Å². The van der Waals surface area contributed by atoms with Crippen molar-refractivity contribution >= 4 is 16.7 Å². The van der Waals surface area contributed by atoms with Gasteiger partial charge in [-0.2, -0.15) is 0 Å². The third-order valence-corrected chi connectivity index (χ3v) is 5.45. The molecule has 4 heteroatoms. The first kappa shape index (κ1) is 17.8. The first-order valence-corrected chi connectivity index (χ1v) is 9.76. The smallest absolute Gasteiger partial charge is 0.164 e. The van der Waals surface area contributed by atoms with Gasteiger partial charge < -0.3 is 14.6 Å². The Kier molecular flexibility index (Phi) is 5.26. The highest BCUT2D eigenvalue weighted by Crippen LogP contribution is 2.30. The minimum atomic E-state index is 0.174. The maximum absolute atomic E-state index is 13.1. The number of hydrogen-bond acceptors (Lipinski definition) is 3. The Morgan fingerprint density at radius 1 is 1.07 bits per heavy atom. The van der Waals surface area contributed by atoms with E-state index >= 15 is 0 Å². The molecule has 4 nitrogen and oxygen atoms in total. The van der Waals surface area contributed by atoms with Gasteiger partial charge in [-0.3, -0.25) is 4.79 Å². The van der Waals surface area contributed by atoms with Crippen LogP contribution in [0.2, 0.25) is 0 Å². The lowest BCUT2D eigenvalue weighted by molar-refractivity contribution is 0.0959. The van der Waals surface area contributed by atoms with Crippen LogP contribution >= 0.6 is 0 Å². The number of aromatic nitrogens is 1. The number of carbonyl (C=O) groups excluding carboxylic acids is 1. The fourth-order valence-electron chi connectivity index (χ4n) is 3.91. The lowest BCUT2D eigenvalue weighted by Crippen LogP contribution is -2.31. The number of piperidine rings is 1. The summed E-state index contributed by atoms with van der Waals surface area (Å²) >= 11 is 0. The molecule has 140 valence electrons. The van der Waals surface area contributed by atoms with Gasteiger partial charge in [0.25, 0.3) is 0 Å². The topological polar surface area (TPSA) is 45.3 Å². The molecule has 2 heterocycles. The molecule has 4 rings (SSSR count). The number of carbonyl (C=O) groups is 1. The van der Waals surface area contributed by atoms with Crippen molar-refractivity contribution in [2.75, 3.05) is 26.7 Å². The zero-order valence-corrected chi connectivity index (χ0v) is 15.8. The molecule has 1 aliphatic heterocycles. The van der Waals surface area contributed by atoms with Crippen molar-refractivity contribution in [2.24, 2.45) is 0 Å². The summed E-state index contributed by atoms with van der Waals surface area (Å²) < 4.78 is 5.38. The van der Waals surface area contributed by atoms with Crippen molar-refractivity contribution in [3.63, 3.8) is 0 Å². The second kappa shape index (κ2) is 7.97. The van der Waals surface area contributed by atoms with Crippen LogP contribution in [-0.2, 0) is 0 Å². The highest BCUT2D eigenvalue weighted by Gasteiger charge is 2.18. The number of rotatable bonds is 6. The van der Waals surface area contributed by atoms with Crippen LogP contribution in [0.5, 0.6) is 5.75 Å². The molecule has 1 N–H and O–H groups in total. The van der Waals surface area contributed by atoms with Crippen LogP contribution in [0, 0.1) is 0 Å². The van der Waals surface area contributed by atoms with Crippen LogP contribution in [0.15, 0.2) is 48.5 Å². The van der Waals surface area contributed by atoms with Gasteiger partial charge in [0.05, 0.1) is 7.11 Å². The molecule has 0 spiro atoms. The van der Waals surface area contributed by atoms with Crippen molar-refractivity contribution in [1.82, 2.24) is 9.88 Å². The van der Waals surface area contributed by atoms with Crippen molar-refractivity contribution < 1.29 is 9.53 Å². The molecule has 0 bridgehead atoms. The number of aromatic amines is 1. The van der Waals surface area contributed by atoms with E-state index in [1.165, 1.54) is 19.3 Å². The molecule has 2 aromatic carbocycles. The summed E-state index contributed by atoms with van der Waals surface area (Å²) in [5.41, 5.74) is 3.73. The van der Waals surface area contributed by atoms with Crippen LogP contribution in [0.1, 0.15) is 36.0 Å². The summed E-state index contributed by atoms with van der Waals surface area (Å²) in [5.74, 6) is 0.893. The number of ether oxygens (including phenoxy) is 1. The zero-order valence-electron chi connectivity index (χ0n) is 15.8. The lowest BCUT2D eigenvalue weighted by Gasteiger charge is -2.26. The Morgan fingerprint density at radius 2 is 1.89 bits per heavy atom. The molecular weight excluding hydrogens is 336 g/mol. The molecule has 0 radical (unpaired) electrons. The zero-order chi connectivity index (χ0) is 18.6. The number of nitrogens with one attached hydrogen (secondary N) is 1. The first-order chi connectivity index (χ1) is 13.2. The Balaban J connectivity index is 1.62. The lowest BCUT2D eigenvalue weighted by atomic mass is 9.98. The van der Waals surface area contributed by atoms with Gasteiger partial charge >= 0.3 is 0 Å². The van der Waals surface area contributed by atoms with E-state index in [-0.39, 0.29) is 5.78 Å². The van der Waals surface area contributed by atoms with E-state index in [0.29, 0.717) is 6.42 Å². The molecule has 0 saturated carbocycles. The van der Waals surface area contributed by atoms with Gasteiger partial charge in [0.1, 0.15) is 5.75 Å². The van der Waals surface area contributed by atoms with E-state index in [9.17, 15) is 4.79 Å². The molecule has 1 fully saturated rings. The predicted molar refractivity (Wildman–Crippen MR) is 110 cm³/mol. The van der Waals surface area contributed by atoms with Crippen LogP contribution in [0.4, 0.5) is 0 Å². The average molecular weight is 362 g/mol. The Bertz CT molecular complexity index is 905. The maximum Gasteiger partial charge on any atom is 0.164 e. The van der Waals surface area contributed by atoms with Crippen molar-refractivity contribution in [1.29, 1.82) is 0 Å². The normalized spacial score (nSPS) is 15.1. The van der Waals surface area contributed by atoms with E-state index in [2.05, 4.69) is 28.1 Å². The molecule has 1 aliphatic rings. The number of nitrogens with zero attached hydrogens (tertiary/aromatic N) is 1. The number of fused-ring (bicyclic) bond motifs is 1. The SMILES string of the molecule is COc1ccc(-c2cc3ccccc3[nH]2)c(C(=O)CCN2CCCCC2)c1. The third kappa shape index (κ3) is 3.91. The summed E-state index contributed by atoms with van der Waals surface area (Å²) in [4.78, 5) is 18.9. The minimum Gasteiger partial charge on any atom is -0.497 e. The van der Waals surface area contributed by atoms with Gasteiger partial charge in [0.15, 0.2) is 5.78 Å². The quantitative estimate of drug-likeness (QED) is 0.634. The molecule has 27 heavy (non-hydrogen) atoms. The Labute approximate surface area is 160 Å². The van der Waals surface area contributed by atoms with Crippen molar-refractivity contribution in [2.45, 2.75) is 25.7 Å². The summed E-state index contributed by atoms with van der Waals surface area (Å²) in [7, 11) is 1.64. The predicted octanol–water partition coefficient (Wildman–Crippen LogP) is 4.90. The number of ketones is 1. The average Bonchev–Trinajstić information content (AvgIpc) is 3.16. The van der Waals surface area contributed by atoms with Crippen LogP contribution in [0.3, 0.4) is 0 Å². The Hall–Kier alpha value is -2.59. The number of hydrogen-bond donors (Lipinski definition) is 1. The van der Waals surface area contributed by atoms with Gasteiger partial charge in [0.2, 0.25) is 0 Å². The molecule has 1 saturated heterocycles. The number of Topliss-reactive ketones (excluding diaryl/α,β-unsaturated/α-hetero) is 1. The van der Waals surface area contributed by atoms with E-state index in [0.717, 1.165) is 53.1 Å². The standard InChI is InChI=1S/C23H26N2O2/c1-27-18-9-10-19(22-15-17-7-3-4-8-21(17)24-22)20(16-18)23(26)11-14-25-12-5-2-6-13-25/h3-4,7-10,15-16,24H,2,5-6,11-14H2,1H3. The van der Waals surface area contributed by atoms with Gasteiger partial charge in [-0.1, -0.05) is 24.6 Å². The Morgan fingerprint density at radius 3 is 2.67 bits per heavy atom. The van der Waals surface area contributed by atoms with E-state index in [1.54, 1.807) is 7.11 Å². The van der Waals surface area contributed by atoms with Gasteiger partial charge in [-0.25, -0.2) is 0 Å². The van der Waals surface area contributed by atoms with Crippen LogP contribution < -0.4 is 4.74 Å². The molecule has 0 atom stereocenters. The fraction of sp³-hybridized carbons (Fsp3) is 0.348.